The minimum atomic E-state index is -0.167. The molecule has 1 aliphatic heterocycles. The summed E-state index contributed by atoms with van der Waals surface area (Å²) in [4.78, 5) is 37.3. The van der Waals surface area contributed by atoms with Gasteiger partial charge in [0, 0.05) is 55.6 Å². The molecular weight excluding hydrogens is 424 g/mol. The fourth-order valence-electron chi connectivity index (χ4n) is 4.64. The molecule has 3 heterocycles. The molecule has 1 unspecified atom stereocenters. The SMILES string of the molecule is Cn1c(N2CCCC(C(=O)c3ccccc3-c3ccccc3)C2)nc(-c2ccncc2)cc1=O. The highest BCUT2D eigenvalue weighted by atomic mass is 16.1. The summed E-state index contributed by atoms with van der Waals surface area (Å²) >= 11 is 0. The maximum absolute atomic E-state index is 13.7. The fourth-order valence-corrected chi connectivity index (χ4v) is 4.64. The molecule has 0 aliphatic carbocycles. The Labute approximate surface area is 198 Å². The van der Waals surface area contributed by atoms with Crippen LogP contribution < -0.4 is 10.5 Å². The molecule has 0 N–H and O–H groups in total. The van der Waals surface area contributed by atoms with Gasteiger partial charge in [-0.1, -0.05) is 54.6 Å². The van der Waals surface area contributed by atoms with Crippen molar-refractivity contribution < 1.29 is 4.79 Å². The van der Waals surface area contributed by atoms with Gasteiger partial charge in [-0.05, 0) is 36.1 Å². The molecule has 2 aromatic heterocycles. The van der Waals surface area contributed by atoms with E-state index in [1.54, 1.807) is 30.1 Å². The molecule has 6 nitrogen and oxygen atoms in total. The second-order valence-electron chi connectivity index (χ2n) is 8.64. The third-order valence-corrected chi connectivity index (χ3v) is 6.44. The summed E-state index contributed by atoms with van der Waals surface area (Å²) in [6.45, 7) is 1.28. The van der Waals surface area contributed by atoms with Crippen LogP contribution in [0.1, 0.15) is 23.2 Å². The summed E-state index contributed by atoms with van der Waals surface area (Å²) in [5, 5.41) is 0. The molecule has 0 bridgehead atoms. The van der Waals surface area contributed by atoms with E-state index >= 15 is 0 Å². The van der Waals surface area contributed by atoms with Gasteiger partial charge in [-0.15, -0.1) is 0 Å². The number of ketones is 1. The summed E-state index contributed by atoms with van der Waals surface area (Å²) in [6.07, 6.45) is 5.05. The van der Waals surface area contributed by atoms with Crippen molar-refractivity contribution in [3.63, 3.8) is 0 Å². The molecule has 0 saturated carbocycles. The van der Waals surface area contributed by atoms with E-state index in [1.807, 2.05) is 66.7 Å². The lowest BCUT2D eigenvalue weighted by molar-refractivity contribution is 0.0907. The number of pyridine rings is 1. The number of hydrogen-bond acceptors (Lipinski definition) is 5. The first-order valence-electron chi connectivity index (χ1n) is 11.5. The molecule has 1 atom stereocenters. The largest absolute Gasteiger partial charge is 0.341 e. The molecule has 34 heavy (non-hydrogen) atoms. The van der Waals surface area contributed by atoms with Crippen LogP contribution in [0.15, 0.2) is 90.0 Å². The van der Waals surface area contributed by atoms with Crippen LogP contribution in [-0.2, 0) is 7.05 Å². The fraction of sp³-hybridized carbons (Fsp3) is 0.214. The molecule has 4 aromatic rings. The smallest absolute Gasteiger partial charge is 0.255 e. The minimum absolute atomic E-state index is 0.125. The zero-order valence-corrected chi connectivity index (χ0v) is 19.1. The van der Waals surface area contributed by atoms with Crippen molar-refractivity contribution in [1.29, 1.82) is 0 Å². The summed E-state index contributed by atoms with van der Waals surface area (Å²) in [5.74, 6) is 0.563. The van der Waals surface area contributed by atoms with Gasteiger partial charge in [0.25, 0.3) is 5.56 Å². The molecular formula is C28H26N4O2. The number of Topliss-reactive ketones (excluding diaryl/α,β-unsaturated/α-hetero) is 1. The van der Waals surface area contributed by atoms with E-state index in [2.05, 4.69) is 9.88 Å². The third-order valence-electron chi connectivity index (χ3n) is 6.44. The lowest BCUT2D eigenvalue weighted by Gasteiger charge is -2.34. The standard InChI is InChI=1S/C28H26N4O2/c1-31-26(33)18-25(21-13-15-29-16-14-21)30-28(31)32-17-7-10-22(19-32)27(34)24-12-6-5-11-23(24)20-8-3-2-4-9-20/h2-6,8-9,11-16,18,22H,7,10,17,19H2,1H3. The lowest BCUT2D eigenvalue weighted by Crippen LogP contribution is -2.42. The number of hydrogen-bond donors (Lipinski definition) is 0. The van der Waals surface area contributed by atoms with E-state index in [0.717, 1.165) is 41.6 Å². The predicted molar refractivity (Wildman–Crippen MR) is 134 cm³/mol. The van der Waals surface area contributed by atoms with Crippen LogP contribution in [0.5, 0.6) is 0 Å². The summed E-state index contributed by atoms with van der Waals surface area (Å²) < 4.78 is 1.56. The Bertz CT molecular complexity index is 1370. The van der Waals surface area contributed by atoms with Crippen molar-refractivity contribution in [2.75, 3.05) is 18.0 Å². The average molecular weight is 451 g/mol. The Hall–Kier alpha value is -4.06. The molecule has 6 heteroatoms. The Morgan fingerprint density at radius 3 is 2.47 bits per heavy atom. The Morgan fingerprint density at radius 2 is 1.68 bits per heavy atom. The van der Waals surface area contributed by atoms with Crippen molar-refractivity contribution in [1.82, 2.24) is 14.5 Å². The quantitative estimate of drug-likeness (QED) is 0.416. The first kappa shape index (κ1) is 21.8. The number of aromatic nitrogens is 3. The van der Waals surface area contributed by atoms with Crippen LogP contribution in [0.3, 0.4) is 0 Å². The molecule has 5 rings (SSSR count). The molecule has 1 saturated heterocycles. The molecule has 2 aromatic carbocycles. The van der Waals surface area contributed by atoms with Crippen LogP contribution in [0.25, 0.3) is 22.4 Å². The summed E-state index contributed by atoms with van der Waals surface area (Å²) in [5.41, 5.74) is 4.06. The van der Waals surface area contributed by atoms with Gasteiger partial charge >= 0.3 is 0 Å². The van der Waals surface area contributed by atoms with Crippen LogP contribution >= 0.6 is 0 Å². The number of carbonyl (C=O) groups excluding carboxylic acids is 1. The number of carbonyl (C=O) groups is 1. The van der Waals surface area contributed by atoms with Crippen LogP contribution in [-0.4, -0.2) is 33.4 Å². The van der Waals surface area contributed by atoms with Crippen LogP contribution in [0.4, 0.5) is 5.95 Å². The topological polar surface area (TPSA) is 68.1 Å². The number of rotatable bonds is 5. The Morgan fingerprint density at radius 1 is 0.941 bits per heavy atom. The second-order valence-corrected chi connectivity index (χ2v) is 8.64. The van der Waals surface area contributed by atoms with Gasteiger partial charge in [-0.3, -0.25) is 19.1 Å². The van der Waals surface area contributed by atoms with E-state index in [-0.39, 0.29) is 17.3 Å². The molecule has 0 radical (unpaired) electrons. The Balaban J connectivity index is 1.45. The highest BCUT2D eigenvalue weighted by Gasteiger charge is 2.30. The third kappa shape index (κ3) is 4.27. The zero-order valence-electron chi connectivity index (χ0n) is 19.1. The molecule has 1 aliphatic rings. The van der Waals surface area contributed by atoms with Gasteiger partial charge in [0.2, 0.25) is 5.95 Å². The van der Waals surface area contributed by atoms with E-state index in [0.29, 0.717) is 18.2 Å². The molecule has 170 valence electrons. The Kier molecular flexibility index (Phi) is 6.04. The van der Waals surface area contributed by atoms with E-state index < -0.39 is 0 Å². The first-order valence-corrected chi connectivity index (χ1v) is 11.5. The van der Waals surface area contributed by atoms with E-state index in [4.69, 9.17) is 4.98 Å². The molecule has 0 amide bonds. The van der Waals surface area contributed by atoms with Crippen LogP contribution in [0, 0.1) is 5.92 Å². The van der Waals surface area contributed by atoms with Crippen molar-refractivity contribution in [2.24, 2.45) is 13.0 Å². The summed E-state index contributed by atoms with van der Waals surface area (Å²) in [7, 11) is 1.73. The lowest BCUT2D eigenvalue weighted by atomic mass is 9.86. The molecule has 1 fully saturated rings. The highest BCUT2D eigenvalue weighted by Crippen LogP contribution is 2.30. The highest BCUT2D eigenvalue weighted by molar-refractivity contribution is 6.04. The zero-order chi connectivity index (χ0) is 23.5. The monoisotopic (exact) mass is 450 g/mol. The van der Waals surface area contributed by atoms with Crippen molar-refractivity contribution in [3.05, 3.63) is 101 Å². The van der Waals surface area contributed by atoms with E-state index in [1.165, 1.54) is 0 Å². The van der Waals surface area contributed by atoms with Crippen molar-refractivity contribution in [3.8, 4) is 22.4 Å². The maximum atomic E-state index is 13.7. The van der Waals surface area contributed by atoms with Gasteiger partial charge in [0.1, 0.15) is 0 Å². The van der Waals surface area contributed by atoms with Gasteiger partial charge in [0.05, 0.1) is 5.69 Å². The predicted octanol–water partition coefficient (Wildman–Crippen LogP) is 4.61. The van der Waals surface area contributed by atoms with E-state index in [9.17, 15) is 9.59 Å². The minimum Gasteiger partial charge on any atom is -0.341 e. The van der Waals surface area contributed by atoms with Crippen molar-refractivity contribution in [2.45, 2.75) is 12.8 Å². The normalized spacial score (nSPS) is 15.8. The van der Waals surface area contributed by atoms with Crippen LogP contribution in [0.2, 0.25) is 0 Å². The van der Waals surface area contributed by atoms with Crippen molar-refractivity contribution >= 4 is 11.7 Å². The second kappa shape index (κ2) is 9.43. The van der Waals surface area contributed by atoms with Gasteiger partial charge < -0.3 is 4.90 Å². The maximum Gasteiger partial charge on any atom is 0.255 e. The number of anilines is 1. The first-order chi connectivity index (χ1) is 16.6. The number of nitrogens with zero attached hydrogens (tertiary/aromatic N) is 4. The average Bonchev–Trinajstić information content (AvgIpc) is 2.91. The van der Waals surface area contributed by atoms with Gasteiger partial charge in [-0.25, -0.2) is 4.98 Å². The summed E-state index contributed by atoms with van der Waals surface area (Å²) in [6, 6.07) is 23.1. The number of piperidine rings is 1. The van der Waals surface area contributed by atoms with Gasteiger partial charge in [0.15, 0.2) is 5.78 Å². The van der Waals surface area contributed by atoms with Gasteiger partial charge in [-0.2, -0.15) is 0 Å². The molecule has 0 spiro atoms. The number of benzene rings is 2.